The van der Waals surface area contributed by atoms with E-state index in [1.165, 1.54) is 10.9 Å². The number of aromatic nitrogens is 2. The Balaban J connectivity index is 1.37. The predicted octanol–water partition coefficient (Wildman–Crippen LogP) is 4.27. The van der Waals surface area contributed by atoms with Crippen LogP contribution < -0.4 is 15.0 Å². The quantitative estimate of drug-likeness (QED) is 0.539. The third-order valence-corrected chi connectivity index (χ3v) is 5.15. The van der Waals surface area contributed by atoms with Gasteiger partial charge in [0.2, 0.25) is 0 Å². The molecule has 2 N–H and O–H groups in total. The molecule has 0 saturated carbocycles. The molecule has 0 aliphatic carbocycles. The van der Waals surface area contributed by atoms with E-state index in [0.29, 0.717) is 12.3 Å². The first-order valence-electron chi connectivity index (χ1n) is 9.57. The molecule has 2 aromatic carbocycles. The Labute approximate surface area is 168 Å². The number of rotatable bonds is 5. The largest absolute Gasteiger partial charge is 0.481 e. The van der Waals surface area contributed by atoms with E-state index < -0.39 is 0 Å². The maximum atomic E-state index is 12.5. The molecule has 6 nitrogen and oxygen atoms in total. The molecule has 4 aromatic rings. The minimum atomic E-state index is -0.0211. The average molecular weight is 384 g/mol. The number of fused-ring (bicyclic) bond motifs is 2. The molecule has 144 valence electrons. The maximum absolute atomic E-state index is 12.5. The number of carbonyl (C=O) groups excluding carboxylic acids is 1. The fourth-order valence-corrected chi connectivity index (χ4v) is 3.70. The van der Waals surface area contributed by atoms with Gasteiger partial charge in [-0.05, 0) is 42.3 Å². The number of carbonyl (C=O) groups is 1. The lowest BCUT2D eigenvalue weighted by Crippen LogP contribution is -2.40. The summed E-state index contributed by atoms with van der Waals surface area (Å²) in [6, 6.07) is 17.8. The molecule has 0 unspecified atom stereocenters. The minimum Gasteiger partial charge on any atom is -0.481 e. The normalized spacial score (nSPS) is 13.2. The lowest BCUT2D eigenvalue weighted by molar-refractivity contribution is -0.121. The van der Waals surface area contributed by atoms with Crippen molar-refractivity contribution in [3.63, 3.8) is 0 Å². The van der Waals surface area contributed by atoms with Gasteiger partial charge in [-0.2, -0.15) is 0 Å². The highest BCUT2D eigenvalue weighted by Crippen LogP contribution is 2.35. The van der Waals surface area contributed by atoms with Crippen molar-refractivity contribution >= 4 is 33.9 Å². The second-order valence-corrected chi connectivity index (χ2v) is 6.99. The van der Waals surface area contributed by atoms with Crippen molar-refractivity contribution in [3.05, 3.63) is 78.8 Å². The van der Waals surface area contributed by atoms with Gasteiger partial charge >= 0.3 is 0 Å². The SMILES string of the molecule is O=C1COc2cc(Nc3ccncc3)ccc2N1CCc1c[nH]c2ccccc12. The molecule has 6 heteroatoms. The summed E-state index contributed by atoms with van der Waals surface area (Å²) in [5.41, 5.74) is 4.98. The summed E-state index contributed by atoms with van der Waals surface area (Å²) in [7, 11) is 0. The van der Waals surface area contributed by atoms with Crippen LogP contribution in [0.25, 0.3) is 10.9 Å². The fraction of sp³-hybridized carbons (Fsp3) is 0.130. The Morgan fingerprint density at radius 3 is 2.83 bits per heavy atom. The summed E-state index contributed by atoms with van der Waals surface area (Å²) in [5.74, 6) is 0.690. The van der Waals surface area contributed by atoms with Crippen molar-refractivity contribution in [3.8, 4) is 5.75 Å². The van der Waals surface area contributed by atoms with Crippen molar-refractivity contribution in [1.29, 1.82) is 0 Å². The van der Waals surface area contributed by atoms with E-state index in [4.69, 9.17) is 4.74 Å². The van der Waals surface area contributed by atoms with Gasteiger partial charge < -0.3 is 19.9 Å². The number of ether oxygens (including phenoxy) is 1. The first-order valence-corrected chi connectivity index (χ1v) is 9.57. The molecule has 1 amide bonds. The number of nitrogens with one attached hydrogen (secondary N) is 2. The van der Waals surface area contributed by atoms with Crippen LogP contribution in [0.1, 0.15) is 5.56 Å². The number of hydrogen-bond donors (Lipinski definition) is 2. The van der Waals surface area contributed by atoms with Gasteiger partial charge in [0, 0.05) is 53.5 Å². The third kappa shape index (κ3) is 3.40. The zero-order valence-electron chi connectivity index (χ0n) is 15.8. The number of pyridine rings is 1. The highest BCUT2D eigenvalue weighted by atomic mass is 16.5. The van der Waals surface area contributed by atoms with Gasteiger partial charge in [0.1, 0.15) is 5.75 Å². The Kier molecular flexibility index (Phi) is 4.37. The second kappa shape index (κ2) is 7.31. The van der Waals surface area contributed by atoms with Crippen LogP contribution >= 0.6 is 0 Å². The van der Waals surface area contributed by atoms with Crippen molar-refractivity contribution in [2.24, 2.45) is 0 Å². The Bertz CT molecular complexity index is 1170. The zero-order valence-corrected chi connectivity index (χ0v) is 15.8. The number of anilines is 3. The van der Waals surface area contributed by atoms with Crippen LogP contribution in [0, 0.1) is 0 Å². The lowest BCUT2D eigenvalue weighted by Gasteiger charge is -2.29. The molecular weight excluding hydrogens is 364 g/mol. The number of aromatic amines is 1. The van der Waals surface area contributed by atoms with E-state index in [1.807, 2.05) is 53.6 Å². The summed E-state index contributed by atoms with van der Waals surface area (Å²) < 4.78 is 5.70. The molecule has 3 heterocycles. The average Bonchev–Trinajstić information content (AvgIpc) is 3.17. The smallest absolute Gasteiger partial charge is 0.265 e. The van der Waals surface area contributed by atoms with E-state index in [9.17, 15) is 4.79 Å². The number of nitrogens with zero attached hydrogens (tertiary/aromatic N) is 2. The highest BCUT2D eigenvalue weighted by Gasteiger charge is 2.25. The van der Waals surface area contributed by atoms with Gasteiger partial charge in [0.05, 0.1) is 5.69 Å². The summed E-state index contributed by atoms with van der Waals surface area (Å²) in [6.45, 7) is 0.660. The van der Waals surface area contributed by atoms with E-state index >= 15 is 0 Å². The van der Waals surface area contributed by atoms with Crippen molar-refractivity contribution in [1.82, 2.24) is 9.97 Å². The first-order chi connectivity index (χ1) is 14.3. The van der Waals surface area contributed by atoms with Crippen molar-refractivity contribution < 1.29 is 9.53 Å². The second-order valence-electron chi connectivity index (χ2n) is 6.99. The molecule has 1 aliphatic rings. The van der Waals surface area contributed by atoms with Crippen LogP contribution in [0.15, 0.2) is 73.2 Å². The molecule has 5 rings (SSSR count). The lowest BCUT2D eigenvalue weighted by atomic mass is 10.1. The number of amides is 1. The van der Waals surface area contributed by atoms with Crippen molar-refractivity contribution in [2.45, 2.75) is 6.42 Å². The molecule has 0 atom stereocenters. The number of benzene rings is 2. The summed E-state index contributed by atoms with van der Waals surface area (Å²) in [5, 5.41) is 4.53. The van der Waals surface area contributed by atoms with Crippen molar-refractivity contribution in [2.75, 3.05) is 23.4 Å². The van der Waals surface area contributed by atoms with Crippen LogP contribution in [0.3, 0.4) is 0 Å². The van der Waals surface area contributed by atoms with Crippen LogP contribution in [-0.2, 0) is 11.2 Å². The molecule has 0 saturated heterocycles. The highest BCUT2D eigenvalue weighted by molar-refractivity contribution is 5.98. The standard InChI is InChI=1S/C23H20N4O2/c28-23-15-29-22-13-18(26-17-7-10-24-11-8-17)5-6-21(22)27(23)12-9-16-14-25-20-4-2-1-3-19(16)20/h1-8,10-11,13-14,25H,9,12,15H2,(H,24,26). The van der Waals surface area contributed by atoms with Crippen LogP contribution in [0.2, 0.25) is 0 Å². The summed E-state index contributed by atoms with van der Waals surface area (Å²) in [6.07, 6.45) is 6.27. The molecule has 0 spiro atoms. The van der Waals surface area contributed by atoms with E-state index in [2.05, 4.69) is 27.4 Å². The van der Waals surface area contributed by atoms with Crippen LogP contribution in [0.4, 0.5) is 17.1 Å². The number of para-hydroxylation sites is 1. The molecular formula is C23H20N4O2. The van der Waals surface area contributed by atoms with E-state index in [0.717, 1.165) is 29.0 Å². The molecule has 0 fully saturated rings. The Hall–Kier alpha value is -3.80. The summed E-state index contributed by atoms with van der Waals surface area (Å²) >= 11 is 0. The predicted molar refractivity (Wildman–Crippen MR) is 114 cm³/mol. The topological polar surface area (TPSA) is 70.2 Å². The van der Waals surface area contributed by atoms with Gasteiger partial charge in [-0.1, -0.05) is 18.2 Å². The summed E-state index contributed by atoms with van der Waals surface area (Å²) in [4.78, 5) is 21.7. The number of H-pyrrole nitrogens is 1. The fourth-order valence-electron chi connectivity index (χ4n) is 3.70. The molecule has 2 aromatic heterocycles. The van der Waals surface area contributed by atoms with Crippen LogP contribution in [0.5, 0.6) is 5.75 Å². The minimum absolute atomic E-state index is 0.0211. The first kappa shape index (κ1) is 17.3. The molecule has 1 aliphatic heterocycles. The van der Waals surface area contributed by atoms with Gasteiger partial charge in [0.25, 0.3) is 5.91 Å². The maximum Gasteiger partial charge on any atom is 0.265 e. The van der Waals surface area contributed by atoms with Gasteiger partial charge in [-0.3, -0.25) is 9.78 Å². The zero-order chi connectivity index (χ0) is 19.6. The van der Waals surface area contributed by atoms with Gasteiger partial charge in [-0.15, -0.1) is 0 Å². The Morgan fingerprint density at radius 2 is 1.93 bits per heavy atom. The number of hydrogen-bond acceptors (Lipinski definition) is 4. The van der Waals surface area contributed by atoms with Gasteiger partial charge in [-0.25, -0.2) is 0 Å². The molecule has 0 radical (unpaired) electrons. The van der Waals surface area contributed by atoms with Gasteiger partial charge in [0.15, 0.2) is 6.61 Å². The molecule has 29 heavy (non-hydrogen) atoms. The van der Waals surface area contributed by atoms with E-state index in [1.54, 1.807) is 12.4 Å². The third-order valence-electron chi connectivity index (χ3n) is 5.15. The monoisotopic (exact) mass is 384 g/mol. The Morgan fingerprint density at radius 1 is 1.07 bits per heavy atom. The van der Waals surface area contributed by atoms with E-state index in [-0.39, 0.29) is 12.5 Å². The molecule has 0 bridgehead atoms. The van der Waals surface area contributed by atoms with Crippen LogP contribution in [-0.4, -0.2) is 29.0 Å².